The highest BCUT2D eigenvalue weighted by atomic mass is 31.2. The quantitative estimate of drug-likeness (QED) is 0.0161. The Hall–Kier alpha value is -1.51. The number of esters is 2. The molecule has 0 saturated carbocycles. The number of ether oxygens (including phenoxy) is 2. The van der Waals surface area contributed by atoms with Gasteiger partial charge in [-0.3, -0.25) is 13.8 Å². The molecular formula is C49H95NO8P+. The fourth-order valence-corrected chi connectivity index (χ4v) is 7.72. The van der Waals surface area contributed by atoms with Crippen LogP contribution in [0.5, 0.6) is 0 Å². The number of phosphoric acid groups is 1. The SMILES string of the molecule is CCCCCCCCCCCCC/C=C/C=C/C(=O)O[C@H](COC(=O)CCCCCCCCCCCCCCCCCCCCCC)COP(=O)(O)OCC[N+](C)(C)C. The number of unbranched alkanes of at least 4 members (excludes halogenated alkanes) is 30. The van der Waals surface area contributed by atoms with E-state index in [0.29, 0.717) is 11.0 Å². The van der Waals surface area contributed by atoms with Gasteiger partial charge in [-0.2, -0.15) is 0 Å². The maximum atomic E-state index is 12.6. The average Bonchev–Trinajstić information content (AvgIpc) is 3.19. The molecule has 0 aromatic rings. The van der Waals surface area contributed by atoms with Crippen molar-refractivity contribution in [2.45, 2.75) is 232 Å². The van der Waals surface area contributed by atoms with Gasteiger partial charge in [0.05, 0.1) is 27.7 Å². The van der Waals surface area contributed by atoms with Gasteiger partial charge in [0.1, 0.15) is 19.8 Å². The van der Waals surface area contributed by atoms with E-state index >= 15 is 0 Å². The van der Waals surface area contributed by atoms with Crippen molar-refractivity contribution in [1.82, 2.24) is 0 Å². The molecule has 0 radical (unpaired) electrons. The molecule has 0 aliphatic carbocycles. The third-order valence-corrected chi connectivity index (χ3v) is 11.8. The molecule has 0 aliphatic heterocycles. The standard InChI is InChI=1S/C49H94NO8P/c1-6-8-10-12-14-16-18-20-22-23-24-25-26-28-29-31-33-35-37-39-41-48(51)55-45-47(46-57-59(53,54)56-44-43-50(3,4)5)58-49(52)42-40-38-36-34-32-30-27-21-19-17-15-13-11-9-7-2/h36,38,40,42,47H,6-35,37,39,41,43-46H2,1-5H3/p+1/b38-36+,42-40+/t47-/m1/s1. The first-order valence-corrected chi connectivity index (χ1v) is 26.1. The number of phosphoric ester groups is 1. The summed E-state index contributed by atoms with van der Waals surface area (Å²) in [7, 11) is 1.43. The number of likely N-dealkylation sites (N-methyl/N-ethyl adjacent to an activating group) is 1. The van der Waals surface area contributed by atoms with Crippen molar-refractivity contribution >= 4 is 19.8 Å². The summed E-state index contributed by atoms with van der Waals surface area (Å²) in [6.45, 7) is 4.33. The predicted molar refractivity (Wildman–Crippen MR) is 247 cm³/mol. The number of allylic oxidation sites excluding steroid dienone is 3. The maximum Gasteiger partial charge on any atom is 0.472 e. The van der Waals surface area contributed by atoms with Crippen molar-refractivity contribution in [3.05, 3.63) is 24.3 Å². The molecule has 0 aromatic heterocycles. The molecule has 10 heteroatoms. The number of rotatable bonds is 45. The van der Waals surface area contributed by atoms with Crippen LogP contribution in [-0.4, -0.2) is 74.9 Å². The minimum absolute atomic E-state index is 0.0183. The second-order valence-electron chi connectivity index (χ2n) is 17.9. The third-order valence-electron chi connectivity index (χ3n) is 10.8. The number of quaternary nitrogens is 1. The molecular weight excluding hydrogens is 762 g/mol. The molecule has 0 rings (SSSR count). The molecule has 1 unspecified atom stereocenters. The van der Waals surface area contributed by atoms with E-state index in [0.717, 1.165) is 32.1 Å². The number of hydrogen-bond acceptors (Lipinski definition) is 7. The fraction of sp³-hybridized carbons (Fsp3) is 0.878. The Labute approximate surface area is 364 Å². The molecule has 9 nitrogen and oxygen atoms in total. The Morgan fingerprint density at radius 1 is 0.559 bits per heavy atom. The van der Waals surface area contributed by atoms with Crippen molar-refractivity contribution in [2.24, 2.45) is 0 Å². The summed E-state index contributed by atoms with van der Waals surface area (Å²) in [5.41, 5.74) is 0. The molecule has 0 aliphatic rings. The fourth-order valence-electron chi connectivity index (χ4n) is 6.98. The van der Waals surface area contributed by atoms with E-state index < -0.39 is 26.5 Å². The smallest absolute Gasteiger partial charge is 0.462 e. The van der Waals surface area contributed by atoms with Gasteiger partial charge >= 0.3 is 19.8 Å². The van der Waals surface area contributed by atoms with E-state index in [2.05, 4.69) is 13.8 Å². The highest BCUT2D eigenvalue weighted by Crippen LogP contribution is 2.43. The lowest BCUT2D eigenvalue weighted by Crippen LogP contribution is -2.37. The number of hydrogen-bond donors (Lipinski definition) is 1. The highest BCUT2D eigenvalue weighted by molar-refractivity contribution is 7.47. The summed E-state index contributed by atoms with van der Waals surface area (Å²) in [6, 6.07) is 0. The molecule has 1 N–H and O–H groups in total. The van der Waals surface area contributed by atoms with Gasteiger partial charge in [0.2, 0.25) is 0 Å². The maximum absolute atomic E-state index is 12.6. The Morgan fingerprint density at radius 2 is 0.966 bits per heavy atom. The van der Waals surface area contributed by atoms with E-state index in [9.17, 15) is 19.0 Å². The zero-order valence-corrected chi connectivity index (χ0v) is 40.1. The first-order chi connectivity index (χ1) is 28.5. The first kappa shape index (κ1) is 57.5. The molecule has 2 atom stereocenters. The molecule has 0 spiro atoms. The average molecular weight is 857 g/mol. The van der Waals surface area contributed by atoms with Crippen LogP contribution in [0.3, 0.4) is 0 Å². The van der Waals surface area contributed by atoms with E-state index in [-0.39, 0.29) is 25.6 Å². The topological polar surface area (TPSA) is 108 Å². The predicted octanol–water partition coefficient (Wildman–Crippen LogP) is 14.3. The van der Waals surface area contributed by atoms with Crippen LogP contribution in [0, 0.1) is 0 Å². The Morgan fingerprint density at radius 3 is 1.39 bits per heavy atom. The van der Waals surface area contributed by atoms with Gasteiger partial charge in [0.15, 0.2) is 6.10 Å². The lowest BCUT2D eigenvalue weighted by molar-refractivity contribution is -0.870. The highest BCUT2D eigenvalue weighted by Gasteiger charge is 2.26. The lowest BCUT2D eigenvalue weighted by atomic mass is 10.0. The summed E-state index contributed by atoms with van der Waals surface area (Å²) < 4.78 is 34.2. The van der Waals surface area contributed by atoms with E-state index in [1.165, 1.54) is 179 Å². The monoisotopic (exact) mass is 857 g/mol. The van der Waals surface area contributed by atoms with Gasteiger partial charge in [-0.15, -0.1) is 0 Å². The Balaban J connectivity index is 4.31. The van der Waals surface area contributed by atoms with E-state index in [1.807, 2.05) is 33.3 Å². The van der Waals surface area contributed by atoms with Gasteiger partial charge < -0.3 is 18.9 Å². The number of carbonyl (C=O) groups excluding carboxylic acids is 2. The van der Waals surface area contributed by atoms with Gasteiger partial charge in [-0.1, -0.05) is 218 Å². The summed E-state index contributed by atoms with van der Waals surface area (Å²) in [5, 5.41) is 0. The molecule has 0 heterocycles. The van der Waals surface area contributed by atoms with Crippen molar-refractivity contribution in [2.75, 3.05) is 47.5 Å². The van der Waals surface area contributed by atoms with Crippen LogP contribution in [0.25, 0.3) is 0 Å². The minimum atomic E-state index is -4.40. The van der Waals surface area contributed by atoms with E-state index in [1.54, 1.807) is 6.08 Å². The van der Waals surface area contributed by atoms with E-state index in [4.69, 9.17) is 18.5 Å². The molecule has 0 bridgehead atoms. The molecule has 59 heavy (non-hydrogen) atoms. The summed E-state index contributed by atoms with van der Waals surface area (Å²) in [5.74, 6) is -1.04. The lowest BCUT2D eigenvalue weighted by Gasteiger charge is -2.24. The van der Waals surface area contributed by atoms with Crippen LogP contribution < -0.4 is 0 Å². The first-order valence-electron chi connectivity index (χ1n) is 24.6. The van der Waals surface area contributed by atoms with Gasteiger partial charge in [-0.05, 0) is 19.3 Å². The van der Waals surface area contributed by atoms with Crippen molar-refractivity contribution < 1.29 is 42.1 Å². The van der Waals surface area contributed by atoms with Gasteiger partial charge in [-0.25, -0.2) is 9.36 Å². The second-order valence-corrected chi connectivity index (χ2v) is 19.4. The van der Waals surface area contributed by atoms with Crippen LogP contribution in [0.1, 0.15) is 226 Å². The molecule has 348 valence electrons. The molecule has 0 aromatic carbocycles. The normalized spacial score (nSPS) is 13.7. The molecule has 0 amide bonds. The van der Waals surface area contributed by atoms with Crippen LogP contribution in [0.15, 0.2) is 24.3 Å². The molecule has 0 fully saturated rings. The van der Waals surface area contributed by atoms with Gasteiger partial charge in [0.25, 0.3) is 0 Å². The summed E-state index contributed by atoms with van der Waals surface area (Å²) in [4.78, 5) is 35.3. The third kappa shape index (κ3) is 45.8. The van der Waals surface area contributed by atoms with Gasteiger partial charge in [0, 0.05) is 12.5 Å². The van der Waals surface area contributed by atoms with Crippen LogP contribution in [0.4, 0.5) is 0 Å². The van der Waals surface area contributed by atoms with Crippen LogP contribution in [-0.2, 0) is 32.7 Å². The Kier molecular flexibility index (Phi) is 40.8. The second kappa shape index (κ2) is 41.8. The molecule has 0 saturated heterocycles. The Bertz CT molecular complexity index is 1060. The summed E-state index contributed by atoms with van der Waals surface area (Å²) in [6.07, 6.45) is 47.2. The van der Waals surface area contributed by atoms with Crippen molar-refractivity contribution in [3.63, 3.8) is 0 Å². The van der Waals surface area contributed by atoms with Crippen molar-refractivity contribution in [3.8, 4) is 0 Å². The number of carbonyl (C=O) groups is 2. The number of nitrogens with zero attached hydrogens (tertiary/aromatic N) is 1. The van der Waals surface area contributed by atoms with Crippen molar-refractivity contribution in [1.29, 1.82) is 0 Å². The summed E-state index contributed by atoms with van der Waals surface area (Å²) >= 11 is 0. The van der Waals surface area contributed by atoms with Crippen LogP contribution in [0.2, 0.25) is 0 Å². The largest absolute Gasteiger partial charge is 0.472 e. The van der Waals surface area contributed by atoms with Crippen LogP contribution >= 0.6 is 7.82 Å². The zero-order valence-electron chi connectivity index (χ0n) is 39.2. The zero-order chi connectivity index (χ0) is 43.6. The minimum Gasteiger partial charge on any atom is -0.462 e.